The number of likely N-dealkylation sites (tertiary alicyclic amines) is 1. The van der Waals surface area contributed by atoms with E-state index in [1.165, 1.54) is 0 Å². The monoisotopic (exact) mass is 189 g/mol. The van der Waals surface area contributed by atoms with E-state index >= 15 is 0 Å². The van der Waals surface area contributed by atoms with Gasteiger partial charge in [-0.15, -0.1) is 0 Å². The Hall–Kier alpha value is -0.880. The maximum absolute atomic E-state index is 10.7. The Kier molecular flexibility index (Phi) is 2.83. The first-order valence-corrected chi connectivity index (χ1v) is 4.07. The van der Waals surface area contributed by atoms with Crippen molar-refractivity contribution in [2.45, 2.75) is 18.9 Å². The first-order valence-electron chi connectivity index (χ1n) is 3.67. The van der Waals surface area contributed by atoms with E-state index in [2.05, 4.69) is 5.43 Å². The van der Waals surface area contributed by atoms with Gasteiger partial charge in [0.05, 0.1) is 0 Å². The standard InChI is InChI=1S/C6H11N3O2S/c7-8-6(12)9-3-1-2-4(9)5(10)11/h4H,1-3,7H2,(H,8,12)(H,10,11). The van der Waals surface area contributed by atoms with Gasteiger partial charge in [0.15, 0.2) is 5.11 Å². The summed E-state index contributed by atoms with van der Waals surface area (Å²) in [6, 6.07) is -0.506. The van der Waals surface area contributed by atoms with Gasteiger partial charge in [-0.2, -0.15) is 0 Å². The molecule has 0 spiro atoms. The van der Waals surface area contributed by atoms with Gasteiger partial charge in [-0.1, -0.05) is 0 Å². The van der Waals surface area contributed by atoms with E-state index in [0.717, 1.165) is 6.42 Å². The molecule has 4 N–H and O–H groups in total. The van der Waals surface area contributed by atoms with E-state index < -0.39 is 12.0 Å². The molecule has 12 heavy (non-hydrogen) atoms. The fourth-order valence-electron chi connectivity index (χ4n) is 1.35. The zero-order valence-electron chi connectivity index (χ0n) is 6.49. The highest BCUT2D eigenvalue weighted by molar-refractivity contribution is 7.80. The number of carboxylic acid groups (broad SMARTS) is 1. The van der Waals surface area contributed by atoms with Crippen molar-refractivity contribution in [3.05, 3.63) is 0 Å². The number of nitrogens with one attached hydrogen (secondary N) is 1. The molecule has 1 unspecified atom stereocenters. The van der Waals surface area contributed by atoms with Gasteiger partial charge in [0, 0.05) is 6.54 Å². The van der Waals surface area contributed by atoms with Crippen LogP contribution < -0.4 is 11.3 Å². The molecule has 6 heteroatoms. The third kappa shape index (κ3) is 1.64. The molecular formula is C6H11N3O2S. The molecule has 0 aromatic rings. The number of hydrogen-bond acceptors (Lipinski definition) is 3. The summed E-state index contributed by atoms with van der Waals surface area (Å²) in [7, 11) is 0. The van der Waals surface area contributed by atoms with Crippen molar-refractivity contribution in [2.24, 2.45) is 5.84 Å². The normalized spacial score (nSPS) is 22.4. The molecule has 1 atom stereocenters. The molecule has 0 aliphatic carbocycles. The van der Waals surface area contributed by atoms with Crippen LogP contribution in [-0.4, -0.2) is 33.7 Å². The van der Waals surface area contributed by atoms with Crippen molar-refractivity contribution in [2.75, 3.05) is 6.54 Å². The first-order chi connectivity index (χ1) is 5.66. The van der Waals surface area contributed by atoms with E-state index in [4.69, 9.17) is 23.2 Å². The van der Waals surface area contributed by atoms with E-state index in [-0.39, 0.29) is 0 Å². The molecule has 0 saturated carbocycles. The second kappa shape index (κ2) is 3.68. The van der Waals surface area contributed by atoms with Crippen LogP contribution in [0.1, 0.15) is 12.8 Å². The molecule has 1 fully saturated rings. The van der Waals surface area contributed by atoms with Crippen molar-refractivity contribution in [3.8, 4) is 0 Å². The van der Waals surface area contributed by atoms with Crippen LogP contribution in [0.15, 0.2) is 0 Å². The van der Waals surface area contributed by atoms with Crippen LogP contribution in [0.3, 0.4) is 0 Å². The van der Waals surface area contributed by atoms with Crippen LogP contribution in [0.5, 0.6) is 0 Å². The maximum Gasteiger partial charge on any atom is 0.326 e. The second-order valence-electron chi connectivity index (χ2n) is 2.64. The average Bonchev–Trinajstić information content (AvgIpc) is 2.50. The van der Waals surface area contributed by atoms with Gasteiger partial charge < -0.3 is 15.4 Å². The molecule has 0 amide bonds. The number of thiocarbonyl (C=S) groups is 1. The molecule has 1 rings (SSSR count). The van der Waals surface area contributed by atoms with Crippen molar-refractivity contribution in [1.82, 2.24) is 10.3 Å². The SMILES string of the molecule is NNC(=S)N1CCCC1C(=O)O. The van der Waals surface area contributed by atoms with Gasteiger partial charge in [0.2, 0.25) is 0 Å². The maximum atomic E-state index is 10.7. The summed E-state index contributed by atoms with van der Waals surface area (Å²) in [5.41, 5.74) is 2.29. The summed E-state index contributed by atoms with van der Waals surface area (Å²) in [5, 5.41) is 9.06. The summed E-state index contributed by atoms with van der Waals surface area (Å²) in [6.45, 7) is 0.667. The number of nitrogens with zero attached hydrogens (tertiary/aromatic N) is 1. The van der Waals surface area contributed by atoms with Gasteiger partial charge in [0.25, 0.3) is 0 Å². The fraction of sp³-hybridized carbons (Fsp3) is 0.667. The van der Waals surface area contributed by atoms with Gasteiger partial charge in [-0.05, 0) is 25.1 Å². The number of aliphatic carboxylic acids is 1. The summed E-state index contributed by atoms with van der Waals surface area (Å²) in [6.07, 6.45) is 1.48. The Bertz CT molecular complexity index is 209. The van der Waals surface area contributed by atoms with Crippen LogP contribution in [0.4, 0.5) is 0 Å². The lowest BCUT2D eigenvalue weighted by Crippen LogP contribution is -2.48. The lowest BCUT2D eigenvalue weighted by atomic mass is 10.2. The molecule has 0 aromatic heterocycles. The summed E-state index contributed by atoms with van der Waals surface area (Å²) < 4.78 is 0. The molecule has 0 radical (unpaired) electrons. The Balaban J connectivity index is 2.63. The van der Waals surface area contributed by atoms with Crippen molar-refractivity contribution in [3.63, 3.8) is 0 Å². The zero-order chi connectivity index (χ0) is 9.14. The van der Waals surface area contributed by atoms with E-state index in [1.54, 1.807) is 4.90 Å². The highest BCUT2D eigenvalue weighted by atomic mass is 32.1. The molecule has 1 aliphatic rings. The van der Waals surface area contributed by atoms with Crippen LogP contribution in [-0.2, 0) is 4.79 Å². The Morgan fingerprint density at radius 1 is 1.75 bits per heavy atom. The predicted octanol–water partition coefficient (Wildman–Crippen LogP) is -0.716. The Morgan fingerprint density at radius 3 is 2.92 bits per heavy atom. The van der Waals surface area contributed by atoms with Crippen molar-refractivity contribution >= 4 is 23.3 Å². The van der Waals surface area contributed by atoms with E-state index in [1.807, 2.05) is 0 Å². The van der Waals surface area contributed by atoms with Crippen LogP contribution in [0.25, 0.3) is 0 Å². The molecule has 1 saturated heterocycles. The minimum absolute atomic E-state index is 0.305. The number of nitrogens with two attached hydrogens (primary N) is 1. The largest absolute Gasteiger partial charge is 0.480 e. The average molecular weight is 189 g/mol. The van der Waals surface area contributed by atoms with Gasteiger partial charge in [-0.3, -0.25) is 0 Å². The molecule has 0 bridgehead atoms. The molecular weight excluding hydrogens is 178 g/mol. The number of rotatable bonds is 1. The third-order valence-electron chi connectivity index (χ3n) is 1.92. The van der Waals surface area contributed by atoms with Crippen LogP contribution in [0.2, 0.25) is 0 Å². The summed E-state index contributed by atoms with van der Waals surface area (Å²) >= 11 is 4.84. The number of carbonyl (C=O) groups is 1. The zero-order valence-corrected chi connectivity index (χ0v) is 7.30. The topological polar surface area (TPSA) is 78.6 Å². The predicted molar refractivity (Wildman–Crippen MR) is 47.3 cm³/mol. The lowest BCUT2D eigenvalue weighted by molar-refractivity contribution is -0.140. The summed E-state index contributed by atoms with van der Waals surface area (Å²) in [4.78, 5) is 12.3. The molecule has 68 valence electrons. The number of hydrogen-bond donors (Lipinski definition) is 3. The molecule has 5 nitrogen and oxygen atoms in total. The van der Waals surface area contributed by atoms with Crippen molar-refractivity contribution < 1.29 is 9.90 Å². The third-order valence-corrected chi connectivity index (χ3v) is 2.27. The minimum Gasteiger partial charge on any atom is -0.480 e. The van der Waals surface area contributed by atoms with Crippen molar-refractivity contribution in [1.29, 1.82) is 0 Å². The second-order valence-corrected chi connectivity index (χ2v) is 3.03. The van der Waals surface area contributed by atoms with E-state index in [0.29, 0.717) is 18.1 Å². The lowest BCUT2D eigenvalue weighted by Gasteiger charge is -2.22. The highest BCUT2D eigenvalue weighted by Crippen LogP contribution is 2.16. The van der Waals surface area contributed by atoms with Gasteiger partial charge in [-0.25, -0.2) is 10.6 Å². The highest BCUT2D eigenvalue weighted by Gasteiger charge is 2.31. The molecule has 0 aromatic carbocycles. The number of carboxylic acids is 1. The Labute approximate surface area is 75.5 Å². The molecule has 1 heterocycles. The van der Waals surface area contributed by atoms with Gasteiger partial charge in [0.1, 0.15) is 6.04 Å². The quantitative estimate of drug-likeness (QED) is 0.287. The fourth-order valence-corrected chi connectivity index (χ4v) is 1.57. The minimum atomic E-state index is -0.842. The first kappa shape index (κ1) is 9.21. The Morgan fingerprint density at radius 2 is 2.42 bits per heavy atom. The number of hydrazine groups is 1. The van der Waals surface area contributed by atoms with Crippen LogP contribution >= 0.6 is 12.2 Å². The van der Waals surface area contributed by atoms with Crippen LogP contribution in [0, 0.1) is 0 Å². The van der Waals surface area contributed by atoms with E-state index in [9.17, 15) is 4.79 Å². The molecule has 1 aliphatic heterocycles. The summed E-state index contributed by atoms with van der Waals surface area (Å²) in [5.74, 6) is 4.25. The smallest absolute Gasteiger partial charge is 0.326 e. The van der Waals surface area contributed by atoms with Gasteiger partial charge >= 0.3 is 5.97 Å².